The average Bonchev–Trinajstić information content (AvgIpc) is 3.38. The summed E-state index contributed by atoms with van der Waals surface area (Å²) in [6.45, 7) is 1.47. The first-order valence-electron chi connectivity index (χ1n) is 13.0. The number of H-pyrrole nitrogens is 1. The Kier molecular flexibility index (Phi) is 7.77. The number of nitrogen functional groups attached to an aromatic ring is 1. The molecule has 2 amide bonds. The number of carboxylic acid groups (broad SMARTS) is 1. The van der Waals surface area contributed by atoms with Crippen LogP contribution in [0.4, 0.5) is 15.8 Å². The Morgan fingerprint density at radius 2 is 1.61 bits per heavy atom. The van der Waals surface area contributed by atoms with Gasteiger partial charge < -0.3 is 26.8 Å². The van der Waals surface area contributed by atoms with E-state index in [1.165, 1.54) is 30.3 Å². The van der Waals surface area contributed by atoms with Gasteiger partial charge in [-0.1, -0.05) is 18.2 Å². The predicted molar refractivity (Wildman–Crippen MR) is 156 cm³/mol. The number of hydrogen-bond donors (Lipinski definition) is 6. The Balaban J connectivity index is 1.30. The van der Waals surface area contributed by atoms with Crippen LogP contribution in [0.1, 0.15) is 53.6 Å². The zero-order chi connectivity index (χ0) is 31.7. The van der Waals surface area contributed by atoms with Crippen molar-refractivity contribution in [3.05, 3.63) is 124 Å². The third-order valence-electron chi connectivity index (χ3n) is 6.87. The van der Waals surface area contributed by atoms with Crippen molar-refractivity contribution < 1.29 is 23.9 Å². The van der Waals surface area contributed by atoms with E-state index in [1.807, 2.05) is 0 Å². The largest absolute Gasteiger partial charge is 0.478 e. The molecule has 2 aromatic heterocycles. The smallest absolute Gasteiger partial charge is 0.335 e. The van der Waals surface area contributed by atoms with Gasteiger partial charge in [0.15, 0.2) is 5.65 Å². The summed E-state index contributed by atoms with van der Waals surface area (Å²) >= 11 is 0. The lowest BCUT2D eigenvalue weighted by atomic mass is 10.1. The quantitative estimate of drug-likeness (QED) is 0.124. The van der Waals surface area contributed by atoms with Crippen molar-refractivity contribution in [2.24, 2.45) is 0 Å². The van der Waals surface area contributed by atoms with E-state index >= 15 is 0 Å². The van der Waals surface area contributed by atoms with E-state index in [2.05, 4.69) is 26.0 Å². The number of rotatable bonds is 10. The maximum absolute atomic E-state index is 14.4. The standard InChI is InChI=1S/C29H24FN7O7/c1-13-6-14(2-4-17(13)29(43)44)10-33-27(41)19-8-20(37-21(35-19)9-22(38)36-37)28(42)34-11-15-3-5-18(30)16(7-15)12-32-24-23(31)25(39)26(24)40/h2-9,32H,10-12,31H2,1H3,(H,33,41)(H,34,42)(H,36,38)(H,43,44). The summed E-state index contributed by atoms with van der Waals surface area (Å²) in [5, 5.41) is 19.6. The van der Waals surface area contributed by atoms with Crippen molar-refractivity contribution in [1.29, 1.82) is 0 Å². The molecule has 3 aromatic carbocycles. The van der Waals surface area contributed by atoms with E-state index in [9.17, 15) is 38.3 Å². The second kappa shape index (κ2) is 11.6. The monoisotopic (exact) mass is 601 g/mol. The number of carboxylic acids is 1. The number of aromatic nitrogens is 3. The number of aromatic carboxylic acids is 1. The van der Waals surface area contributed by atoms with Gasteiger partial charge in [-0.2, -0.15) is 0 Å². The van der Waals surface area contributed by atoms with Crippen LogP contribution in [0.3, 0.4) is 0 Å². The summed E-state index contributed by atoms with van der Waals surface area (Å²) in [7, 11) is 0. The number of nitrogens with zero attached hydrogens (tertiary/aromatic N) is 2. The number of halogens is 1. The summed E-state index contributed by atoms with van der Waals surface area (Å²) in [6.07, 6.45) is 0. The molecule has 14 nitrogen and oxygen atoms in total. The van der Waals surface area contributed by atoms with Crippen LogP contribution in [0.5, 0.6) is 0 Å². The Bertz CT molecular complexity index is 2110. The summed E-state index contributed by atoms with van der Waals surface area (Å²) in [4.78, 5) is 76.5. The molecule has 0 aliphatic carbocycles. The Morgan fingerprint density at radius 1 is 0.932 bits per heavy atom. The normalized spacial score (nSPS) is 11.0. The summed E-state index contributed by atoms with van der Waals surface area (Å²) in [5.74, 6) is -2.98. The second-order valence-corrected chi connectivity index (χ2v) is 9.89. The molecule has 0 fully saturated rings. The van der Waals surface area contributed by atoms with E-state index < -0.39 is 40.0 Å². The number of carbonyl (C=O) groups is 3. The van der Waals surface area contributed by atoms with Crippen molar-refractivity contribution >= 4 is 34.8 Å². The van der Waals surface area contributed by atoms with E-state index in [0.29, 0.717) is 16.7 Å². The van der Waals surface area contributed by atoms with Gasteiger partial charge in [0.1, 0.15) is 28.6 Å². The van der Waals surface area contributed by atoms with Crippen molar-refractivity contribution in [2.75, 3.05) is 11.1 Å². The van der Waals surface area contributed by atoms with Crippen LogP contribution in [-0.2, 0) is 19.6 Å². The number of aryl methyl sites for hydroxylation is 1. The minimum absolute atomic E-state index is 0.0159. The van der Waals surface area contributed by atoms with Crippen molar-refractivity contribution in [1.82, 2.24) is 25.2 Å². The molecule has 0 bridgehead atoms. The van der Waals surface area contributed by atoms with Crippen LogP contribution in [0, 0.1) is 12.7 Å². The number of nitrogens with two attached hydrogens (primary N) is 1. The highest BCUT2D eigenvalue weighted by Gasteiger charge is 2.20. The topological polar surface area (TPSA) is 218 Å². The van der Waals surface area contributed by atoms with E-state index in [4.69, 9.17) is 5.73 Å². The maximum Gasteiger partial charge on any atom is 0.335 e. The maximum atomic E-state index is 14.4. The molecular weight excluding hydrogens is 577 g/mol. The molecule has 0 aliphatic rings. The predicted octanol–water partition coefficient (Wildman–Crippen LogP) is 0.819. The first kappa shape index (κ1) is 29.4. The van der Waals surface area contributed by atoms with Crippen molar-refractivity contribution in [3.8, 4) is 0 Å². The van der Waals surface area contributed by atoms with Gasteiger partial charge in [0.25, 0.3) is 28.2 Å². The number of fused-ring (bicyclic) bond motifs is 1. The van der Waals surface area contributed by atoms with E-state index in [0.717, 1.165) is 10.6 Å². The first-order chi connectivity index (χ1) is 20.9. The van der Waals surface area contributed by atoms with Crippen LogP contribution in [0.15, 0.2) is 62.9 Å². The average molecular weight is 602 g/mol. The van der Waals surface area contributed by atoms with Crippen LogP contribution in [0.2, 0.25) is 0 Å². The highest BCUT2D eigenvalue weighted by molar-refractivity contribution is 5.98. The third-order valence-corrected chi connectivity index (χ3v) is 6.87. The molecule has 0 saturated heterocycles. The highest BCUT2D eigenvalue weighted by atomic mass is 19.1. The fraction of sp³-hybridized carbons (Fsp3) is 0.138. The minimum Gasteiger partial charge on any atom is -0.478 e. The second-order valence-electron chi connectivity index (χ2n) is 9.89. The molecule has 2 heterocycles. The van der Waals surface area contributed by atoms with Crippen LogP contribution >= 0.6 is 0 Å². The van der Waals surface area contributed by atoms with Crippen molar-refractivity contribution in [3.63, 3.8) is 0 Å². The number of nitrogens with one attached hydrogen (secondary N) is 4. The summed E-state index contributed by atoms with van der Waals surface area (Å²) < 4.78 is 15.5. The molecule has 5 aromatic rings. The number of aromatic amines is 1. The Labute approximate surface area is 246 Å². The zero-order valence-corrected chi connectivity index (χ0v) is 23.0. The third kappa shape index (κ3) is 5.78. The fourth-order valence-corrected chi connectivity index (χ4v) is 4.54. The SMILES string of the molecule is Cc1cc(CNC(=O)c2cc(C(=O)NCc3ccc(F)c(CNc4c(N)c(=O)c4=O)c3)n3[nH]c(=O)cc3n2)ccc1C(=O)O. The van der Waals surface area contributed by atoms with Gasteiger partial charge in [0.05, 0.1) is 5.56 Å². The lowest BCUT2D eigenvalue weighted by Gasteiger charge is -2.13. The van der Waals surface area contributed by atoms with Gasteiger partial charge in [-0.15, -0.1) is 0 Å². The number of anilines is 2. The lowest BCUT2D eigenvalue weighted by Crippen LogP contribution is -2.37. The van der Waals surface area contributed by atoms with Crippen LogP contribution in [0.25, 0.3) is 5.65 Å². The van der Waals surface area contributed by atoms with Crippen LogP contribution < -0.4 is 38.1 Å². The van der Waals surface area contributed by atoms with Crippen LogP contribution in [-0.4, -0.2) is 37.5 Å². The summed E-state index contributed by atoms with van der Waals surface area (Å²) in [5.41, 5.74) is 4.74. The molecule has 0 aliphatic heterocycles. The van der Waals surface area contributed by atoms with Crippen molar-refractivity contribution in [2.45, 2.75) is 26.6 Å². The number of benzene rings is 2. The molecule has 0 saturated carbocycles. The first-order valence-corrected chi connectivity index (χ1v) is 13.0. The molecular formula is C29H24FN7O7. The molecule has 5 rings (SSSR count). The number of amides is 2. The number of carbonyl (C=O) groups excluding carboxylic acids is 2. The highest BCUT2D eigenvalue weighted by Crippen LogP contribution is 2.16. The Morgan fingerprint density at radius 3 is 2.30 bits per heavy atom. The molecule has 0 atom stereocenters. The number of hydrogen-bond acceptors (Lipinski definition) is 9. The van der Waals surface area contributed by atoms with Gasteiger partial charge in [-0.05, 0) is 41.8 Å². The molecule has 44 heavy (non-hydrogen) atoms. The molecule has 224 valence electrons. The van der Waals surface area contributed by atoms with Gasteiger partial charge in [0.2, 0.25) is 0 Å². The zero-order valence-electron chi connectivity index (χ0n) is 23.0. The van der Waals surface area contributed by atoms with Gasteiger partial charge in [-0.3, -0.25) is 29.1 Å². The Hall–Kier alpha value is -6.12. The molecule has 7 N–H and O–H groups in total. The molecule has 15 heteroatoms. The molecule has 0 spiro atoms. The lowest BCUT2D eigenvalue weighted by molar-refractivity contribution is 0.0695. The molecule has 0 unspecified atom stereocenters. The molecule has 0 radical (unpaired) electrons. The minimum atomic E-state index is -1.07. The van der Waals surface area contributed by atoms with E-state index in [-0.39, 0.29) is 59.2 Å². The van der Waals surface area contributed by atoms with Gasteiger partial charge in [0, 0.05) is 37.3 Å². The van der Waals surface area contributed by atoms with E-state index in [1.54, 1.807) is 19.1 Å². The fourth-order valence-electron chi connectivity index (χ4n) is 4.54. The summed E-state index contributed by atoms with van der Waals surface area (Å²) in [6, 6.07) is 11.0. The van der Waals surface area contributed by atoms with Gasteiger partial charge in [-0.25, -0.2) is 18.7 Å². The van der Waals surface area contributed by atoms with Gasteiger partial charge >= 0.3 is 5.97 Å².